The summed E-state index contributed by atoms with van der Waals surface area (Å²) in [4.78, 5) is 27.5. The van der Waals surface area contributed by atoms with Gasteiger partial charge in [-0.3, -0.25) is 14.6 Å². The van der Waals surface area contributed by atoms with Crippen molar-refractivity contribution in [3.63, 3.8) is 0 Å². The van der Waals surface area contributed by atoms with Crippen LogP contribution < -0.4 is 0 Å². The van der Waals surface area contributed by atoms with Crippen molar-refractivity contribution in [2.24, 2.45) is 0 Å². The Balaban J connectivity index is 2.30. The zero-order valence-corrected chi connectivity index (χ0v) is 10.1. The predicted molar refractivity (Wildman–Crippen MR) is 67.3 cm³/mol. The molecule has 92 valence electrons. The van der Waals surface area contributed by atoms with Crippen LogP contribution in [-0.2, 0) is 9.53 Å². The third-order valence-corrected chi connectivity index (χ3v) is 2.54. The van der Waals surface area contributed by atoms with Crippen molar-refractivity contribution in [1.29, 1.82) is 0 Å². The molecule has 2 aromatic rings. The number of hydrogen-bond acceptors (Lipinski definition) is 4. The lowest BCUT2D eigenvalue weighted by Gasteiger charge is -2.04. The van der Waals surface area contributed by atoms with Crippen molar-refractivity contribution in [2.75, 3.05) is 6.61 Å². The summed E-state index contributed by atoms with van der Waals surface area (Å²) in [6.07, 6.45) is 1.38. The summed E-state index contributed by atoms with van der Waals surface area (Å²) in [5.41, 5.74) is 1.08. The summed E-state index contributed by atoms with van der Waals surface area (Å²) in [6, 6.07) is 9.02. The number of aromatic nitrogens is 1. The van der Waals surface area contributed by atoms with Crippen LogP contribution >= 0.6 is 0 Å². The summed E-state index contributed by atoms with van der Waals surface area (Å²) >= 11 is 0. The number of fused-ring (bicyclic) bond motifs is 1. The molecule has 1 aromatic heterocycles. The number of pyridine rings is 1. The van der Waals surface area contributed by atoms with Gasteiger partial charge in [0, 0.05) is 17.1 Å². The van der Waals surface area contributed by atoms with E-state index in [1.54, 1.807) is 25.3 Å². The largest absolute Gasteiger partial charge is 0.466 e. The van der Waals surface area contributed by atoms with E-state index >= 15 is 0 Å². The molecule has 0 atom stereocenters. The Morgan fingerprint density at radius 3 is 2.78 bits per heavy atom. The van der Waals surface area contributed by atoms with Crippen LogP contribution in [0.5, 0.6) is 0 Å². The fourth-order valence-electron chi connectivity index (χ4n) is 1.77. The lowest BCUT2D eigenvalue weighted by Crippen LogP contribution is -2.11. The molecule has 0 unspecified atom stereocenters. The van der Waals surface area contributed by atoms with Crippen LogP contribution in [-0.4, -0.2) is 23.3 Å². The van der Waals surface area contributed by atoms with E-state index in [4.69, 9.17) is 4.74 Å². The van der Waals surface area contributed by atoms with Crippen molar-refractivity contribution in [3.05, 3.63) is 42.1 Å². The molecule has 0 spiro atoms. The van der Waals surface area contributed by atoms with Gasteiger partial charge in [-0.05, 0) is 19.1 Å². The number of ketones is 1. The molecule has 0 aliphatic carbocycles. The van der Waals surface area contributed by atoms with Crippen LogP contribution in [0.15, 0.2) is 36.5 Å². The maximum absolute atomic E-state index is 12.0. The lowest BCUT2D eigenvalue weighted by molar-refractivity contribution is -0.141. The molecule has 4 heteroatoms. The molecule has 0 N–H and O–H groups in total. The molecule has 18 heavy (non-hydrogen) atoms. The van der Waals surface area contributed by atoms with E-state index in [1.807, 2.05) is 18.2 Å². The monoisotopic (exact) mass is 243 g/mol. The zero-order chi connectivity index (χ0) is 13.0. The number of nitrogens with zero attached hydrogens (tertiary/aromatic N) is 1. The van der Waals surface area contributed by atoms with Crippen LogP contribution in [0.4, 0.5) is 0 Å². The van der Waals surface area contributed by atoms with Gasteiger partial charge in [-0.2, -0.15) is 0 Å². The number of Topliss-reactive ketones (excluding diaryl/α,β-unsaturated/α-hetero) is 1. The zero-order valence-electron chi connectivity index (χ0n) is 10.1. The van der Waals surface area contributed by atoms with Crippen LogP contribution in [0.2, 0.25) is 0 Å². The van der Waals surface area contributed by atoms with Crippen LogP contribution in [0.25, 0.3) is 10.9 Å². The lowest BCUT2D eigenvalue weighted by atomic mass is 10.0. The maximum atomic E-state index is 12.0. The fourth-order valence-corrected chi connectivity index (χ4v) is 1.77. The first-order chi connectivity index (χ1) is 8.72. The Morgan fingerprint density at radius 1 is 1.22 bits per heavy atom. The second-order valence-electron chi connectivity index (χ2n) is 3.79. The Kier molecular flexibility index (Phi) is 3.67. The average Bonchev–Trinajstić information content (AvgIpc) is 2.38. The van der Waals surface area contributed by atoms with E-state index in [1.165, 1.54) is 0 Å². The van der Waals surface area contributed by atoms with Crippen molar-refractivity contribution in [2.45, 2.75) is 13.3 Å². The number of ether oxygens (including phenoxy) is 1. The summed E-state index contributed by atoms with van der Waals surface area (Å²) in [6.45, 7) is 1.99. The first-order valence-corrected chi connectivity index (χ1v) is 5.75. The van der Waals surface area contributed by atoms with E-state index in [0.29, 0.717) is 11.1 Å². The number of carbonyl (C=O) groups excluding carboxylic acids is 2. The van der Waals surface area contributed by atoms with Gasteiger partial charge in [0.25, 0.3) is 0 Å². The molecule has 0 fully saturated rings. The third-order valence-electron chi connectivity index (χ3n) is 2.54. The van der Waals surface area contributed by atoms with Gasteiger partial charge in [-0.15, -0.1) is 0 Å². The highest BCUT2D eigenvalue weighted by Crippen LogP contribution is 2.17. The topological polar surface area (TPSA) is 56.3 Å². The van der Waals surface area contributed by atoms with E-state index in [9.17, 15) is 9.59 Å². The molecule has 2 rings (SSSR count). The molecule has 0 aliphatic heterocycles. The highest BCUT2D eigenvalue weighted by Gasteiger charge is 2.15. The standard InChI is InChI=1S/C14H13NO3/c1-2-18-13(17)9-12(16)11-7-3-5-10-6-4-8-15-14(10)11/h3-8H,2,9H2,1H3. The van der Waals surface area contributed by atoms with Crippen molar-refractivity contribution >= 4 is 22.7 Å². The quantitative estimate of drug-likeness (QED) is 0.470. The van der Waals surface area contributed by atoms with Gasteiger partial charge in [-0.25, -0.2) is 0 Å². The summed E-state index contributed by atoms with van der Waals surface area (Å²) < 4.78 is 4.77. The number of benzene rings is 1. The number of carbonyl (C=O) groups is 2. The number of rotatable bonds is 4. The first-order valence-electron chi connectivity index (χ1n) is 5.75. The molecule has 0 aliphatic rings. The average molecular weight is 243 g/mol. The molecular formula is C14H13NO3. The summed E-state index contributed by atoms with van der Waals surface area (Å²) in [5, 5.41) is 0.882. The second kappa shape index (κ2) is 5.40. The fraction of sp³-hybridized carbons (Fsp3) is 0.214. The number of esters is 1. The molecule has 0 saturated carbocycles. The Bertz CT molecular complexity index is 587. The smallest absolute Gasteiger partial charge is 0.313 e. The van der Waals surface area contributed by atoms with Gasteiger partial charge >= 0.3 is 5.97 Å². The third kappa shape index (κ3) is 2.53. The van der Waals surface area contributed by atoms with Crippen LogP contribution in [0.1, 0.15) is 23.7 Å². The van der Waals surface area contributed by atoms with Crippen molar-refractivity contribution in [1.82, 2.24) is 4.98 Å². The minimum atomic E-state index is -0.504. The molecule has 4 nitrogen and oxygen atoms in total. The second-order valence-corrected chi connectivity index (χ2v) is 3.79. The molecule has 0 saturated heterocycles. The van der Waals surface area contributed by atoms with Gasteiger partial charge in [0.05, 0.1) is 12.1 Å². The van der Waals surface area contributed by atoms with Gasteiger partial charge in [0.2, 0.25) is 0 Å². The van der Waals surface area contributed by atoms with Gasteiger partial charge in [0.1, 0.15) is 6.42 Å². The SMILES string of the molecule is CCOC(=O)CC(=O)c1cccc2cccnc12. The van der Waals surface area contributed by atoms with E-state index in [-0.39, 0.29) is 18.8 Å². The maximum Gasteiger partial charge on any atom is 0.313 e. The van der Waals surface area contributed by atoms with E-state index in [2.05, 4.69) is 4.98 Å². The van der Waals surface area contributed by atoms with Crippen molar-refractivity contribution < 1.29 is 14.3 Å². The van der Waals surface area contributed by atoms with Gasteiger partial charge < -0.3 is 4.74 Å². The molecular weight excluding hydrogens is 230 g/mol. The molecule has 0 amide bonds. The Labute approximate surface area is 105 Å². The highest BCUT2D eigenvalue weighted by molar-refractivity contribution is 6.12. The normalized spacial score (nSPS) is 10.3. The van der Waals surface area contributed by atoms with Gasteiger partial charge in [0.15, 0.2) is 5.78 Å². The van der Waals surface area contributed by atoms with Crippen LogP contribution in [0.3, 0.4) is 0 Å². The van der Waals surface area contributed by atoms with Gasteiger partial charge in [-0.1, -0.05) is 18.2 Å². The number of hydrogen-bond donors (Lipinski definition) is 0. The minimum Gasteiger partial charge on any atom is -0.466 e. The van der Waals surface area contributed by atoms with Crippen molar-refractivity contribution in [3.8, 4) is 0 Å². The number of para-hydroxylation sites is 1. The molecule has 1 heterocycles. The molecule has 0 bridgehead atoms. The highest BCUT2D eigenvalue weighted by atomic mass is 16.5. The summed E-state index contributed by atoms with van der Waals surface area (Å²) in [5.74, 6) is -0.770. The minimum absolute atomic E-state index is 0.247. The summed E-state index contributed by atoms with van der Waals surface area (Å²) in [7, 11) is 0. The molecule has 1 aromatic carbocycles. The first kappa shape index (κ1) is 12.2. The predicted octanol–water partition coefficient (Wildman–Crippen LogP) is 2.37. The Hall–Kier alpha value is -2.23. The van der Waals surface area contributed by atoms with E-state index < -0.39 is 5.97 Å². The Morgan fingerprint density at radius 2 is 2.00 bits per heavy atom. The van der Waals surface area contributed by atoms with Crippen LogP contribution in [0, 0.1) is 0 Å². The molecule has 0 radical (unpaired) electrons. The van der Waals surface area contributed by atoms with E-state index in [0.717, 1.165) is 5.39 Å².